The number of ketones is 2. The van der Waals surface area contributed by atoms with Crippen molar-refractivity contribution in [2.24, 2.45) is 0 Å². The number of aromatic hydroxyl groups is 1. The first kappa shape index (κ1) is 16.7. The van der Waals surface area contributed by atoms with Crippen LogP contribution in [0.3, 0.4) is 0 Å². The van der Waals surface area contributed by atoms with Crippen LogP contribution in [0.1, 0.15) is 53.0 Å². The van der Waals surface area contributed by atoms with E-state index in [1.54, 1.807) is 6.07 Å². The lowest BCUT2D eigenvalue weighted by Crippen LogP contribution is -2.30. The molecule has 0 aliphatic heterocycles. The Bertz CT molecular complexity index is 718. The van der Waals surface area contributed by atoms with Crippen LogP contribution in [0.4, 0.5) is 0 Å². The summed E-state index contributed by atoms with van der Waals surface area (Å²) in [6.07, 6.45) is 3.52. The van der Waals surface area contributed by atoms with E-state index >= 15 is 0 Å². The second kappa shape index (κ2) is 6.64. The van der Waals surface area contributed by atoms with Crippen molar-refractivity contribution in [3.63, 3.8) is 0 Å². The van der Waals surface area contributed by atoms with E-state index in [4.69, 9.17) is 4.74 Å². The molecule has 6 heteroatoms. The highest BCUT2D eigenvalue weighted by atomic mass is 16.5. The summed E-state index contributed by atoms with van der Waals surface area (Å²) in [5.74, 6) is -1.66. The van der Waals surface area contributed by atoms with Crippen LogP contribution in [-0.2, 0) is 11.2 Å². The third-order valence-corrected chi connectivity index (χ3v) is 3.66. The van der Waals surface area contributed by atoms with Gasteiger partial charge in [0.25, 0.3) is 0 Å². The molecule has 122 valence electrons. The van der Waals surface area contributed by atoms with Gasteiger partial charge in [-0.15, -0.1) is 0 Å². The first-order chi connectivity index (χ1) is 10.9. The number of nitrogens with one attached hydrogen (secondary N) is 1. The molecule has 2 rings (SSSR count). The van der Waals surface area contributed by atoms with Crippen LogP contribution in [0.15, 0.2) is 17.8 Å². The van der Waals surface area contributed by atoms with E-state index in [1.165, 1.54) is 14.0 Å². The topological polar surface area (TPSA) is 92.7 Å². The molecule has 0 radical (unpaired) electrons. The smallest absolute Gasteiger partial charge is 0.221 e. The molecule has 1 amide bonds. The maximum Gasteiger partial charge on any atom is 0.221 e. The summed E-state index contributed by atoms with van der Waals surface area (Å²) < 4.78 is 5.22. The minimum absolute atomic E-state index is 0.127. The molecule has 2 N–H and O–H groups in total. The normalized spacial score (nSPS) is 13.4. The molecule has 0 atom stereocenters. The molecule has 23 heavy (non-hydrogen) atoms. The number of Topliss-reactive ketones (excluding diaryl/α,β-unsaturated/α-hetero) is 1. The number of allylic oxidation sites excluding steroid dienone is 2. The van der Waals surface area contributed by atoms with Gasteiger partial charge in [0.2, 0.25) is 11.7 Å². The van der Waals surface area contributed by atoms with Crippen molar-refractivity contribution >= 4 is 17.5 Å². The highest BCUT2D eigenvalue weighted by molar-refractivity contribution is 6.26. The number of carbonyl (C=O) groups excluding carboxylic acids is 3. The highest BCUT2D eigenvalue weighted by Gasteiger charge is 2.32. The van der Waals surface area contributed by atoms with Crippen molar-refractivity contribution in [1.82, 2.24) is 5.32 Å². The van der Waals surface area contributed by atoms with Crippen molar-refractivity contribution in [2.75, 3.05) is 7.11 Å². The molecule has 0 saturated heterocycles. The van der Waals surface area contributed by atoms with E-state index < -0.39 is 17.5 Å². The molecule has 1 aliphatic carbocycles. The van der Waals surface area contributed by atoms with E-state index in [2.05, 4.69) is 5.32 Å². The third-order valence-electron chi connectivity index (χ3n) is 3.66. The van der Waals surface area contributed by atoms with E-state index in [0.717, 1.165) is 18.9 Å². The number of phenolic OH excluding ortho intramolecular Hbond substituents is 1. The Morgan fingerprint density at radius 2 is 2.04 bits per heavy atom. The summed E-state index contributed by atoms with van der Waals surface area (Å²) in [4.78, 5) is 35.9. The van der Waals surface area contributed by atoms with Gasteiger partial charge in [0.05, 0.1) is 18.4 Å². The Kier molecular flexibility index (Phi) is 4.83. The molecule has 0 unspecified atom stereocenters. The van der Waals surface area contributed by atoms with Gasteiger partial charge in [0.1, 0.15) is 0 Å². The number of methoxy groups -OCH3 is 1. The number of unbranched alkanes of at least 4 members (excludes halogenated alkanes) is 1. The number of benzene rings is 1. The van der Waals surface area contributed by atoms with Crippen molar-refractivity contribution in [3.8, 4) is 11.5 Å². The number of hydrogen-bond acceptors (Lipinski definition) is 5. The van der Waals surface area contributed by atoms with Gasteiger partial charge < -0.3 is 15.2 Å². The standard InChI is InChI=1S/C17H19NO5/c1-4-5-6-10-7-11-13(20)8-12(18-9(2)19)15(21)14(11)16(22)17(10)23-3/h7-8,22H,4-6H2,1-3H3,(H,18,19). The van der Waals surface area contributed by atoms with Crippen LogP contribution in [0.25, 0.3) is 0 Å². The maximum absolute atomic E-state index is 12.5. The van der Waals surface area contributed by atoms with E-state index in [1.807, 2.05) is 6.92 Å². The number of aryl methyl sites for hydroxylation is 1. The lowest BCUT2D eigenvalue weighted by molar-refractivity contribution is -0.118. The Hall–Kier alpha value is -2.63. The molecule has 1 aromatic carbocycles. The van der Waals surface area contributed by atoms with Gasteiger partial charge in [0, 0.05) is 18.6 Å². The summed E-state index contributed by atoms with van der Waals surface area (Å²) in [7, 11) is 1.40. The monoisotopic (exact) mass is 317 g/mol. The minimum Gasteiger partial charge on any atom is -0.504 e. The van der Waals surface area contributed by atoms with E-state index in [9.17, 15) is 19.5 Å². The molecule has 0 heterocycles. The molecule has 1 aliphatic rings. The fourth-order valence-corrected chi connectivity index (χ4v) is 2.60. The number of hydrogen-bond donors (Lipinski definition) is 2. The highest BCUT2D eigenvalue weighted by Crippen LogP contribution is 2.39. The molecule has 0 bridgehead atoms. The Morgan fingerprint density at radius 3 is 2.61 bits per heavy atom. The van der Waals surface area contributed by atoms with Gasteiger partial charge in [0.15, 0.2) is 17.3 Å². The first-order valence-corrected chi connectivity index (χ1v) is 7.41. The van der Waals surface area contributed by atoms with Gasteiger partial charge in [-0.25, -0.2) is 0 Å². The minimum atomic E-state index is -0.604. The van der Waals surface area contributed by atoms with Crippen LogP contribution >= 0.6 is 0 Å². The predicted molar refractivity (Wildman–Crippen MR) is 83.8 cm³/mol. The predicted octanol–water partition coefficient (Wildman–Crippen LogP) is 2.14. The van der Waals surface area contributed by atoms with Gasteiger partial charge in [-0.05, 0) is 24.5 Å². The average molecular weight is 317 g/mol. The van der Waals surface area contributed by atoms with Gasteiger partial charge in [-0.2, -0.15) is 0 Å². The van der Waals surface area contributed by atoms with Crippen molar-refractivity contribution in [1.29, 1.82) is 0 Å². The summed E-state index contributed by atoms with van der Waals surface area (Å²) in [5, 5.41) is 12.7. The zero-order valence-corrected chi connectivity index (χ0v) is 13.4. The number of phenols is 1. The fraction of sp³-hybridized carbons (Fsp3) is 0.353. The second-order valence-corrected chi connectivity index (χ2v) is 5.38. The summed E-state index contributed by atoms with van der Waals surface area (Å²) >= 11 is 0. The zero-order chi connectivity index (χ0) is 17.1. The molecule has 1 aromatic rings. The van der Waals surface area contributed by atoms with Crippen LogP contribution in [-0.4, -0.2) is 29.7 Å². The van der Waals surface area contributed by atoms with Gasteiger partial charge in [-0.1, -0.05) is 13.3 Å². The average Bonchev–Trinajstić information content (AvgIpc) is 2.49. The molecule has 0 fully saturated rings. The fourth-order valence-electron chi connectivity index (χ4n) is 2.60. The third kappa shape index (κ3) is 3.11. The SMILES string of the molecule is CCCCc1cc2c(c(O)c1OC)C(=O)C(NC(C)=O)=CC2=O. The first-order valence-electron chi connectivity index (χ1n) is 7.41. The van der Waals surface area contributed by atoms with Crippen LogP contribution in [0, 0.1) is 0 Å². The van der Waals surface area contributed by atoms with Crippen LogP contribution in [0.5, 0.6) is 11.5 Å². The summed E-state index contributed by atoms with van der Waals surface area (Å²) in [5.41, 5.74) is 0.545. The lowest BCUT2D eigenvalue weighted by atomic mass is 9.88. The van der Waals surface area contributed by atoms with Crippen molar-refractivity contribution in [2.45, 2.75) is 33.1 Å². The number of fused-ring (bicyclic) bond motifs is 1. The number of rotatable bonds is 5. The number of carbonyl (C=O) groups is 3. The van der Waals surface area contributed by atoms with Crippen LogP contribution < -0.4 is 10.1 Å². The van der Waals surface area contributed by atoms with E-state index in [0.29, 0.717) is 12.0 Å². The molecule has 6 nitrogen and oxygen atoms in total. The lowest BCUT2D eigenvalue weighted by Gasteiger charge is -2.20. The largest absolute Gasteiger partial charge is 0.504 e. The van der Waals surface area contributed by atoms with Crippen molar-refractivity contribution in [3.05, 3.63) is 34.5 Å². The molecule has 0 aromatic heterocycles. The molecule has 0 spiro atoms. The Labute approximate surface area is 134 Å². The van der Waals surface area contributed by atoms with Gasteiger partial charge in [-0.3, -0.25) is 14.4 Å². The number of amides is 1. The zero-order valence-electron chi connectivity index (χ0n) is 13.4. The Morgan fingerprint density at radius 1 is 1.35 bits per heavy atom. The summed E-state index contributed by atoms with van der Waals surface area (Å²) in [6.45, 7) is 3.27. The summed E-state index contributed by atoms with van der Waals surface area (Å²) in [6, 6.07) is 1.59. The quantitative estimate of drug-likeness (QED) is 0.868. The maximum atomic E-state index is 12.5. The molecule has 0 saturated carbocycles. The second-order valence-electron chi connectivity index (χ2n) is 5.38. The molecular formula is C17H19NO5. The van der Waals surface area contributed by atoms with Gasteiger partial charge >= 0.3 is 0 Å². The molecular weight excluding hydrogens is 298 g/mol. The van der Waals surface area contributed by atoms with Crippen LogP contribution in [0.2, 0.25) is 0 Å². The van der Waals surface area contributed by atoms with E-state index in [-0.39, 0.29) is 28.3 Å². The Balaban J connectivity index is 2.58. The number of ether oxygens (including phenoxy) is 1. The van der Waals surface area contributed by atoms with Crippen molar-refractivity contribution < 1.29 is 24.2 Å².